The molecule has 0 bridgehead atoms. The third-order valence-corrected chi connectivity index (χ3v) is 4.47. The molecule has 1 aromatic rings. The monoisotopic (exact) mass is 314 g/mol. The van der Waals surface area contributed by atoms with Gasteiger partial charge in [-0.15, -0.1) is 0 Å². The maximum absolute atomic E-state index is 12.3. The van der Waals surface area contributed by atoms with Crippen molar-refractivity contribution in [3.8, 4) is 5.75 Å². The minimum atomic E-state index is -3.96. The molecule has 116 valence electrons. The van der Waals surface area contributed by atoms with Crippen molar-refractivity contribution in [1.29, 1.82) is 0 Å². The summed E-state index contributed by atoms with van der Waals surface area (Å²) in [4.78, 5) is 22.9. The summed E-state index contributed by atoms with van der Waals surface area (Å²) in [6.45, 7) is 1.82. The molecule has 0 saturated carbocycles. The van der Waals surface area contributed by atoms with Gasteiger partial charge in [0.25, 0.3) is 0 Å². The van der Waals surface area contributed by atoms with E-state index in [1.54, 1.807) is 0 Å². The molecule has 0 unspecified atom stereocenters. The van der Waals surface area contributed by atoms with Gasteiger partial charge >= 0.3 is 11.8 Å². The minimum Gasteiger partial charge on any atom is -0.497 e. The summed E-state index contributed by atoms with van der Waals surface area (Å²) in [5.41, 5.74) is 4.99. The third-order valence-electron chi connectivity index (χ3n) is 2.74. The van der Waals surface area contributed by atoms with Gasteiger partial charge in [0.2, 0.25) is 10.0 Å². The highest BCUT2D eigenvalue weighted by Gasteiger charge is 2.31. The zero-order chi connectivity index (χ0) is 16.0. The summed E-state index contributed by atoms with van der Waals surface area (Å²) < 4.78 is 29.9. The molecular weight excluding hydrogens is 296 g/mol. The molecule has 0 heterocycles. The molecule has 8 heteroatoms. The molecule has 0 spiro atoms. The number of carbonyl (C=O) groups excluding carboxylic acids is 2. The maximum atomic E-state index is 12.3. The largest absolute Gasteiger partial charge is 0.497 e. The number of carbonyl (C=O) groups is 2. The molecule has 2 N–H and O–H groups in total. The summed E-state index contributed by atoms with van der Waals surface area (Å²) >= 11 is 0. The second-order valence-electron chi connectivity index (χ2n) is 4.30. The van der Waals surface area contributed by atoms with E-state index in [1.807, 2.05) is 6.92 Å². The van der Waals surface area contributed by atoms with Crippen LogP contribution < -0.4 is 14.8 Å². The Labute approximate surface area is 123 Å². The van der Waals surface area contributed by atoms with Crippen molar-refractivity contribution in [1.82, 2.24) is 0 Å². The molecule has 21 heavy (non-hydrogen) atoms. The summed E-state index contributed by atoms with van der Waals surface area (Å²) in [5.74, 6) is -2.35. The van der Waals surface area contributed by atoms with Crippen LogP contribution in [-0.2, 0) is 19.6 Å². The summed E-state index contributed by atoms with van der Waals surface area (Å²) in [5, 5.41) is 0. The van der Waals surface area contributed by atoms with Gasteiger partial charge in [0.15, 0.2) is 0 Å². The average molecular weight is 314 g/mol. The van der Waals surface area contributed by atoms with Crippen molar-refractivity contribution in [3.05, 3.63) is 24.3 Å². The SMILES string of the molecule is CCCCS(=O)(=O)N(C(=O)C(N)=O)c1ccc(OC)cc1. The van der Waals surface area contributed by atoms with Gasteiger partial charge in [-0.2, -0.15) is 4.31 Å². The predicted molar refractivity (Wildman–Crippen MR) is 78.4 cm³/mol. The highest BCUT2D eigenvalue weighted by atomic mass is 32.2. The van der Waals surface area contributed by atoms with Gasteiger partial charge in [-0.3, -0.25) is 9.59 Å². The van der Waals surface area contributed by atoms with Crippen LogP contribution in [0.4, 0.5) is 5.69 Å². The highest BCUT2D eigenvalue weighted by molar-refractivity contribution is 7.93. The second-order valence-corrected chi connectivity index (χ2v) is 6.24. The standard InChI is InChI=1S/C13H18N2O5S/c1-3-4-9-21(18,19)15(13(17)12(14)16)10-5-7-11(20-2)8-6-10/h5-8H,3-4,9H2,1-2H3,(H2,14,16). The van der Waals surface area contributed by atoms with Crippen molar-refractivity contribution >= 4 is 27.5 Å². The lowest BCUT2D eigenvalue weighted by atomic mass is 10.3. The van der Waals surface area contributed by atoms with Crippen molar-refractivity contribution in [3.63, 3.8) is 0 Å². The Kier molecular flexibility index (Phi) is 5.71. The fourth-order valence-electron chi connectivity index (χ4n) is 1.64. The van der Waals surface area contributed by atoms with Crippen LogP contribution in [0, 0.1) is 0 Å². The summed E-state index contributed by atoms with van der Waals surface area (Å²) in [6, 6.07) is 5.74. The predicted octanol–water partition coefficient (Wildman–Crippen LogP) is 0.643. The Morgan fingerprint density at radius 2 is 1.81 bits per heavy atom. The number of ether oxygens (including phenoxy) is 1. The van der Waals surface area contributed by atoms with Crippen molar-refractivity contribution in [2.75, 3.05) is 17.2 Å². The molecule has 0 aliphatic heterocycles. The first-order valence-electron chi connectivity index (χ1n) is 6.34. The summed E-state index contributed by atoms with van der Waals surface area (Å²) in [7, 11) is -2.50. The van der Waals surface area contributed by atoms with Crippen LogP contribution in [0.5, 0.6) is 5.75 Å². The number of nitrogens with two attached hydrogens (primary N) is 1. The molecule has 0 aliphatic carbocycles. The molecule has 0 saturated heterocycles. The topological polar surface area (TPSA) is 107 Å². The van der Waals surface area contributed by atoms with Crippen LogP contribution in [0.25, 0.3) is 0 Å². The zero-order valence-corrected chi connectivity index (χ0v) is 12.7. The van der Waals surface area contributed by atoms with Crippen molar-refractivity contribution in [2.24, 2.45) is 5.73 Å². The van der Waals surface area contributed by atoms with E-state index >= 15 is 0 Å². The Hall–Kier alpha value is -2.09. The van der Waals surface area contributed by atoms with Gasteiger partial charge in [0.1, 0.15) is 5.75 Å². The van der Waals surface area contributed by atoms with Crippen molar-refractivity contribution in [2.45, 2.75) is 19.8 Å². The Morgan fingerprint density at radius 1 is 1.24 bits per heavy atom. The van der Waals surface area contributed by atoms with E-state index in [1.165, 1.54) is 31.4 Å². The lowest BCUT2D eigenvalue weighted by molar-refractivity contribution is -0.134. The van der Waals surface area contributed by atoms with Gasteiger partial charge in [0, 0.05) is 0 Å². The lowest BCUT2D eigenvalue weighted by Crippen LogP contribution is -2.45. The fourth-order valence-corrected chi connectivity index (χ4v) is 3.26. The molecule has 1 rings (SSSR count). The number of methoxy groups -OCH3 is 1. The number of benzene rings is 1. The molecule has 1 aromatic carbocycles. The van der Waals surface area contributed by atoms with Crippen LogP contribution in [-0.4, -0.2) is 33.1 Å². The van der Waals surface area contributed by atoms with Gasteiger partial charge < -0.3 is 10.5 Å². The summed E-state index contributed by atoms with van der Waals surface area (Å²) in [6.07, 6.45) is 1.02. The van der Waals surface area contributed by atoms with E-state index in [0.717, 1.165) is 0 Å². The van der Waals surface area contributed by atoms with Crippen molar-refractivity contribution < 1.29 is 22.7 Å². The first kappa shape index (κ1) is 17.0. The van der Waals surface area contributed by atoms with Gasteiger partial charge in [0.05, 0.1) is 18.6 Å². The number of amides is 2. The van der Waals surface area contributed by atoms with Gasteiger partial charge in [-0.05, 0) is 30.7 Å². The zero-order valence-electron chi connectivity index (χ0n) is 11.9. The van der Waals surface area contributed by atoms with Crippen LogP contribution in [0.3, 0.4) is 0 Å². The number of rotatable bonds is 6. The number of anilines is 1. The molecule has 0 aliphatic rings. The first-order chi connectivity index (χ1) is 9.83. The smallest absolute Gasteiger partial charge is 0.329 e. The number of hydrogen-bond acceptors (Lipinski definition) is 5. The highest BCUT2D eigenvalue weighted by Crippen LogP contribution is 2.22. The quantitative estimate of drug-likeness (QED) is 0.776. The number of sulfonamides is 1. The first-order valence-corrected chi connectivity index (χ1v) is 7.95. The average Bonchev–Trinajstić information content (AvgIpc) is 2.45. The van der Waals surface area contributed by atoms with Gasteiger partial charge in [-0.25, -0.2) is 8.42 Å². The Balaban J connectivity index is 3.24. The Morgan fingerprint density at radius 3 is 2.24 bits per heavy atom. The fraction of sp³-hybridized carbons (Fsp3) is 0.385. The third kappa shape index (κ3) is 4.19. The molecule has 2 amide bonds. The normalized spacial score (nSPS) is 11.0. The maximum Gasteiger partial charge on any atom is 0.329 e. The van der Waals surface area contributed by atoms with E-state index in [0.29, 0.717) is 22.9 Å². The van der Waals surface area contributed by atoms with E-state index in [-0.39, 0.29) is 11.4 Å². The van der Waals surface area contributed by atoms with E-state index < -0.39 is 21.8 Å². The number of unbranched alkanes of at least 4 members (excludes halogenated alkanes) is 1. The lowest BCUT2D eigenvalue weighted by Gasteiger charge is -2.21. The van der Waals surface area contributed by atoms with Crippen LogP contribution >= 0.6 is 0 Å². The van der Waals surface area contributed by atoms with Crippen LogP contribution in [0.2, 0.25) is 0 Å². The van der Waals surface area contributed by atoms with E-state index in [2.05, 4.69) is 0 Å². The van der Waals surface area contributed by atoms with Gasteiger partial charge in [-0.1, -0.05) is 13.3 Å². The molecule has 0 aromatic heterocycles. The van der Waals surface area contributed by atoms with Crippen LogP contribution in [0.1, 0.15) is 19.8 Å². The molecule has 0 radical (unpaired) electrons. The number of primary amides is 1. The van der Waals surface area contributed by atoms with Crippen LogP contribution in [0.15, 0.2) is 24.3 Å². The second kappa shape index (κ2) is 7.07. The van der Waals surface area contributed by atoms with E-state index in [4.69, 9.17) is 10.5 Å². The Bertz CT molecular complexity index is 610. The molecular formula is C13H18N2O5S. The minimum absolute atomic E-state index is 0.0516. The molecule has 0 atom stereocenters. The number of nitrogens with zero attached hydrogens (tertiary/aromatic N) is 1. The number of hydrogen-bond donors (Lipinski definition) is 1. The molecule has 7 nitrogen and oxygen atoms in total. The van der Waals surface area contributed by atoms with E-state index in [9.17, 15) is 18.0 Å². The molecule has 0 fully saturated rings.